The highest BCUT2D eigenvalue weighted by Crippen LogP contribution is 2.11. The lowest BCUT2D eigenvalue weighted by Gasteiger charge is -2.01. The zero-order valence-corrected chi connectivity index (χ0v) is 12.5. The van der Waals surface area contributed by atoms with Gasteiger partial charge in [-0.1, -0.05) is 24.1 Å². The van der Waals surface area contributed by atoms with Crippen LogP contribution in [-0.4, -0.2) is 12.5 Å². The predicted molar refractivity (Wildman–Crippen MR) is 83.8 cm³/mol. The summed E-state index contributed by atoms with van der Waals surface area (Å²) in [6, 6.07) is 10.0. The van der Waals surface area contributed by atoms with E-state index in [0.29, 0.717) is 6.54 Å². The van der Waals surface area contributed by atoms with Gasteiger partial charge < -0.3 is 5.32 Å². The van der Waals surface area contributed by atoms with Crippen LogP contribution in [0.15, 0.2) is 35.7 Å². The molecule has 0 radical (unpaired) electrons. The first-order chi connectivity index (χ1) is 9.66. The molecular formula is C17H17NOS. The molecule has 0 fully saturated rings. The van der Waals surface area contributed by atoms with Crippen LogP contribution in [0.2, 0.25) is 0 Å². The largest absolute Gasteiger partial charge is 0.345 e. The van der Waals surface area contributed by atoms with Crippen molar-refractivity contribution in [3.63, 3.8) is 0 Å². The second-order valence-electron chi connectivity index (χ2n) is 4.58. The Kier molecular flexibility index (Phi) is 4.97. The first kappa shape index (κ1) is 14.4. The van der Waals surface area contributed by atoms with Gasteiger partial charge in [0, 0.05) is 22.9 Å². The van der Waals surface area contributed by atoms with Crippen molar-refractivity contribution in [2.45, 2.75) is 20.3 Å². The Morgan fingerprint density at radius 3 is 2.85 bits per heavy atom. The summed E-state index contributed by atoms with van der Waals surface area (Å²) >= 11 is 1.70. The van der Waals surface area contributed by atoms with Gasteiger partial charge in [-0.25, -0.2) is 0 Å². The minimum atomic E-state index is -0.220. The van der Waals surface area contributed by atoms with Gasteiger partial charge in [0.05, 0.1) is 0 Å². The van der Waals surface area contributed by atoms with Crippen LogP contribution in [0.3, 0.4) is 0 Å². The van der Waals surface area contributed by atoms with Gasteiger partial charge in [-0.15, -0.1) is 11.3 Å². The topological polar surface area (TPSA) is 29.1 Å². The lowest BCUT2D eigenvalue weighted by Crippen LogP contribution is -2.23. The van der Waals surface area contributed by atoms with Crippen molar-refractivity contribution in [2.24, 2.45) is 0 Å². The van der Waals surface area contributed by atoms with E-state index in [0.717, 1.165) is 17.5 Å². The van der Waals surface area contributed by atoms with Crippen molar-refractivity contribution in [3.05, 3.63) is 57.3 Å². The van der Waals surface area contributed by atoms with Gasteiger partial charge in [-0.3, -0.25) is 4.79 Å². The maximum Gasteiger partial charge on any atom is 0.296 e. The van der Waals surface area contributed by atoms with Gasteiger partial charge in [0.1, 0.15) is 0 Å². The Morgan fingerprint density at radius 2 is 2.10 bits per heavy atom. The maximum atomic E-state index is 11.7. The number of amides is 1. The molecule has 20 heavy (non-hydrogen) atoms. The normalized spacial score (nSPS) is 9.70. The van der Waals surface area contributed by atoms with E-state index >= 15 is 0 Å². The molecule has 0 spiro atoms. The number of hydrogen-bond acceptors (Lipinski definition) is 2. The smallest absolute Gasteiger partial charge is 0.296 e. The molecule has 0 saturated heterocycles. The van der Waals surface area contributed by atoms with E-state index in [-0.39, 0.29) is 5.91 Å². The minimum absolute atomic E-state index is 0.220. The van der Waals surface area contributed by atoms with Crippen LogP contribution < -0.4 is 5.32 Å². The average molecular weight is 283 g/mol. The molecule has 3 heteroatoms. The van der Waals surface area contributed by atoms with Crippen LogP contribution in [0, 0.1) is 25.7 Å². The van der Waals surface area contributed by atoms with Crippen molar-refractivity contribution in [3.8, 4) is 11.8 Å². The predicted octanol–water partition coefficient (Wildman–Crippen LogP) is 3.08. The standard InChI is InChI=1S/C17H17NOS/c1-13-5-3-6-15(14(13)2)8-9-17(19)18-11-10-16-7-4-12-20-16/h3-7,12H,10-11H2,1-2H3,(H,18,19). The Labute approximate surface area is 123 Å². The summed E-state index contributed by atoms with van der Waals surface area (Å²) in [5.74, 6) is 5.37. The van der Waals surface area contributed by atoms with Crippen LogP contribution in [0.4, 0.5) is 0 Å². The third-order valence-corrected chi connectivity index (χ3v) is 4.09. The quantitative estimate of drug-likeness (QED) is 0.862. The van der Waals surface area contributed by atoms with E-state index in [4.69, 9.17) is 0 Å². The minimum Gasteiger partial charge on any atom is -0.345 e. The third-order valence-electron chi connectivity index (χ3n) is 3.15. The zero-order valence-electron chi connectivity index (χ0n) is 11.7. The van der Waals surface area contributed by atoms with Crippen molar-refractivity contribution in [1.29, 1.82) is 0 Å². The summed E-state index contributed by atoms with van der Waals surface area (Å²) in [6.07, 6.45) is 0.856. The number of thiophene rings is 1. The number of nitrogens with one attached hydrogen (secondary N) is 1. The van der Waals surface area contributed by atoms with E-state index in [1.54, 1.807) is 11.3 Å². The van der Waals surface area contributed by atoms with E-state index in [2.05, 4.69) is 23.2 Å². The first-order valence-corrected chi connectivity index (χ1v) is 7.43. The molecule has 0 aliphatic heterocycles. The van der Waals surface area contributed by atoms with E-state index in [1.165, 1.54) is 10.4 Å². The molecular weight excluding hydrogens is 266 g/mol. The fraction of sp³-hybridized carbons (Fsp3) is 0.235. The van der Waals surface area contributed by atoms with Crippen molar-refractivity contribution in [1.82, 2.24) is 5.32 Å². The SMILES string of the molecule is Cc1cccc(C#CC(=O)NCCc2cccs2)c1C. The molecule has 1 aromatic heterocycles. The summed E-state index contributed by atoms with van der Waals surface area (Å²) in [5.41, 5.74) is 3.24. The molecule has 0 aliphatic carbocycles. The van der Waals surface area contributed by atoms with Crippen LogP contribution in [0.5, 0.6) is 0 Å². The van der Waals surface area contributed by atoms with Crippen LogP contribution >= 0.6 is 11.3 Å². The van der Waals surface area contributed by atoms with Gasteiger partial charge >= 0.3 is 0 Å². The van der Waals surface area contributed by atoms with Gasteiger partial charge in [-0.05, 0) is 48.9 Å². The summed E-state index contributed by atoms with van der Waals surface area (Å²) in [4.78, 5) is 12.9. The van der Waals surface area contributed by atoms with E-state index < -0.39 is 0 Å². The molecule has 2 rings (SSSR count). The molecule has 2 nitrogen and oxygen atoms in total. The van der Waals surface area contributed by atoms with Crippen LogP contribution in [-0.2, 0) is 11.2 Å². The van der Waals surface area contributed by atoms with Gasteiger partial charge in [-0.2, -0.15) is 0 Å². The maximum absolute atomic E-state index is 11.7. The molecule has 102 valence electrons. The van der Waals surface area contributed by atoms with E-state index in [1.807, 2.05) is 43.5 Å². The molecule has 0 unspecified atom stereocenters. The Balaban J connectivity index is 1.88. The molecule has 1 aromatic carbocycles. The first-order valence-electron chi connectivity index (χ1n) is 6.55. The molecule has 0 aliphatic rings. The Hall–Kier alpha value is -2.05. The summed E-state index contributed by atoms with van der Waals surface area (Å²) in [7, 11) is 0. The lowest BCUT2D eigenvalue weighted by molar-refractivity contribution is -0.115. The highest BCUT2D eigenvalue weighted by molar-refractivity contribution is 7.09. The molecule has 1 N–H and O–H groups in total. The molecule has 2 aromatic rings. The van der Waals surface area contributed by atoms with Gasteiger partial charge in [0.2, 0.25) is 0 Å². The van der Waals surface area contributed by atoms with Crippen LogP contribution in [0.1, 0.15) is 21.6 Å². The van der Waals surface area contributed by atoms with Gasteiger partial charge in [0.25, 0.3) is 5.91 Å². The second kappa shape index (κ2) is 6.93. The summed E-state index contributed by atoms with van der Waals surface area (Å²) < 4.78 is 0. The molecule has 1 amide bonds. The zero-order chi connectivity index (χ0) is 14.4. The fourth-order valence-electron chi connectivity index (χ4n) is 1.81. The number of carbonyl (C=O) groups excluding carboxylic acids is 1. The number of hydrogen-bond donors (Lipinski definition) is 1. The third kappa shape index (κ3) is 3.97. The Bertz CT molecular complexity index is 647. The fourth-order valence-corrected chi connectivity index (χ4v) is 2.52. The van der Waals surface area contributed by atoms with Crippen LogP contribution in [0.25, 0.3) is 0 Å². The number of benzene rings is 1. The lowest BCUT2D eigenvalue weighted by atomic mass is 10.0. The average Bonchev–Trinajstić information content (AvgIpc) is 2.94. The van der Waals surface area contributed by atoms with E-state index in [9.17, 15) is 4.79 Å². The van der Waals surface area contributed by atoms with Crippen molar-refractivity contribution >= 4 is 17.2 Å². The second-order valence-corrected chi connectivity index (χ2v) is 5.61. The number of rotatable bonds is 3. The molecule has 1 heterocycles. The number of aryl methyl sites for hydroxylation is 1. The van der Waals surface area contributed by atoms with Crippen molar-refractivity contribution in [2.75, 3.05) is 6.54 Å². The number of carbonyl (C=O) groups is 1. The highest BCUT2D eigenvalue weighted by atomic mass is 32.1. The summed E-state index contributed by atoms with van der Waals surface area (Å²) in [5, 5.41) is 4.86. The highest BCUT2D eigenvalue weighted by Gasteiger charge is 1.99. The summed E-state index contributed by atoms with van der Waals surface area (Å²) in [6.45, 7) is 4.69. The monoisotopic (exact) mass is 283 g/mol. The molecule has 0 bridgehead atoms. The van der Waals surface area contributed by atoms with Crippen molar-refractivity contribution < 1.29 is 4.79 Å². The Morgan fingerprint density at radius 1 is 1.25 bits per heavy atom. The molecule has 0 atom stereocenters. The molecule has 0 saturated carbocycles. The van der Waals surface area contributed by atoms with Gasteiger partial charge in [0.15, 0.2) is 0 Å².